The molecule has 3 rings (SSSR count). The van der Waals surface area contributed by atoms with Crippen LogP contribution in [-0.4, -0.2) is 65.8 Å². The summed E-state index contributed by atoms with van der Waals surface area (Å²) in [6.45, 7) is 7.15. The molecule has 0 aliphatic carbocycles. The Morgan fingerprint density at radius 1 is 1.07 bits per heavy atom. The van der Waals surface area contributed by atoms with Crippen molar-refractivity contribution in [2.45, 2.75) is 26.4 Å². The second-order valence-electron chi connectivity index (χ2n) is 7.57. The van der Waals surface area contributed by atoms with E-state index in [0.29, 0.717) is 37.7 Å². The topological polar surface area (TPSA) is 85.1 Å². The second-order valence-corrected chi connectivity index (χ2v) is 7.57. The molecule has 1 aliphatic rings. The van der Waals surface area contributed by atoms with Crippen LogP contribution in [0.1, 0.15) is 31.3 Å². The van der Waals surface area contributed by atoms with Crippen molar-refractivity contribution in [1.29, 1.82) is 0 Å². The summed E-state index contributed by atoms with van der Waals surface area (Å²) in [7, 11) is 1.59. The molecule has 1 fully saturated rings. The molecule has 2 aromatic rings. The highest BCUT2D eigenvalue weighted by Crippen LogP contribution is 2.25. The van der Waals surface area contributed by atoms with Gasteiger partial charge in [0.1, 0.15) is 11.4 Å². The van der Waals surface area contributed by atoms with Gasteiger partial charge >= 0.3 is 6.09 Å². The summed E-state index contributed by atoms with van der Waals surface area (Å²) in [5.41, 5.74) is 0.477. The molecule has 1 aromatic carbocycles. The molecule has 1 saturated heterocycles. The SMILES string of the molecule is COc1cccc(-c2cc(C(=O)N3CCN(C(=O)OC(C)(C)C)CC3)no2)c1. The van der Waals surface area contributed by atoms with Crippen LogP contribution >= 0.6 is 0 Å². The Balaban J connectivity index is 1.61. The predicted octanol–water partition coefficient (Wildman–Crippen LogP) is 3.04. The van der Waals surface area contributed by atoms with Crippen LogP contribution in [0.15, 0.2) is 34.9 Å². The van der Waals surface area contributed by atoms with Gasteiger partial charge < -0.3 is 23.8 Å². The average molecular weight is 387 g/mol. The number of benzene rings is 1. The van der Waals surface area contributed by atoms with Gasteiger partial charge in [-0.05, 0) is 32.9 Å². The highest BCUT2D eigenvalue weighted by Gasteiger charge is 2.29. The maximum Gasteiger partial charge on any atom is 0.410 e. The van der Waals surface area contributed by atoms with Crippen molar-refractivity contribution in [2.75, 3.05) is 33.3 Å². The first-order valence-electron chi connectivity index (χ1n) is 9.15. The van der Waals surface area contributed by atoms with E-state index in [1.165, 1.54) is 0 Å². The van der Waals surface area contributed by atoms with Gasteiger partial charge in [-0.1, -0.05) is 17.3 Å². The first-order valence-corrected chi connectivity index (χ1v) is 9.15. The molecule has 1 aromatic heterocycles. The van der Waals surface area contributed by atoms with Crippen LogP contribution in [0.2, 0.25) is 0 Å². The first-order chi connectivity index (χ1) is 13.3. The lowest BCUT2D eigenvalue weighted by atomic mass is 10.1. The van der Waals surface area contributed by atoms with Gasteiger partial charge in [0.15, 0.2) is 11.5 Å². The van der Waals surface area contributed by atoms with Gasteiger partial charge in [-0.15, -0.1) is 0 Å². The predicted molar refractivity (Wildman–Crippen MR) is 102 cm³/mol. The molecule has 0 unspecified atom stereocenters. The van der Waals surface area contributed by atoms with Crippen LogP contribution < -0.4 is 4.74 Å². The van der Waals surface area contributed by atoms with E-state index in [-0.39, 0.29) is 17.7 Å². The summed E-state index contributed by atoms with van der Waals surface area (Å²) < 4.78 is 15.9. The number of ether oxygens (including phenoxy) is 2. The number of hydrogen-bond acceptors (Lipinski definition) is 6. The molecule has 0 spiro atoms. The zero-order chi connectivity index (χ0) is 20.3. The lowest BCUT2D eigenvalue weighted by Crippen LogP contribution is -2.51. The monoisotopic (exact) mass is 387 g/mol. The summed E-state index contributed by atoms with van der Waals surface area (Å²) in [5, 5.41) is 3.91. The second kappa shape index (κ2) is 7.92. The average Bonchev–Trinajstić information content (AvgIpc) is 3.16. The van der Waals surface area contributed by atoms with E-state index >= 15 is 0 Å². The van der Waals surface area contributed by atoms with Gasteiger partial charge in [-0.25, -0.2) is 4.79 Å². The standard InChI is InChI=1S/C20H25N3O5/c1-20(2,3)27-19(25)23-10-8-22(9-11-23)18(24)16-13-17(28-21-16)14-6-5-7-15(12-14)26-4/h5-7,12-13H,8-11H2,1-4H3. The van der Waals surface area contributed by atoms with E-state index in [2.05, 4.69) is 5.16 Å². The van der Waals surface area contributed by atoms with Crippen molar-refractivity contribution in [2.24, 2.45) is 0 Å². The fraction of sp³-hybridized carbons (Fsp3) is 0.450. The van der Waals surface area contributed by atoms with Gasteiger partial charge in [-0.3, -0.25) is 4.79 Å². The Labute approximate surface area is 164 Å². The normalized spacial score (nSPS) is 14.7. The molecule has 0 bridgehead atoms. The highest BCUT2D eigenvalue weighted by atomic mass is 16.6. The maximum absolute atomic E-state index is 12.7. The third-order valence-corrected chi connectivity index (χ3v) is 4.30. The minimum absolute atomic E-state index is 0.221. The number of hydrogen-bond donors (Lipinski definition) is 0. The van der Waals surface area contributed by atoms with Crippen LogP contribution in [0.4, 0.5) is 4.79 Å². The Kier molecular flexibility index (Phi) is 5.58. The number of rotatable bonds is 3. The minimum Gasteiger partial charge on any atom is -0.497 e. The quantitative estimate of drug-likeness (QED) is 0.805. The molecule has 150 valence electrons. The highest BCUT2D eigenvalue weighted by molar-refractivity contribution is 5.93. The third-order valence-electron chi connectivity index (χ3n) is 4.30. The van der Waals surface area contributed by atoms with Crippen LogP contribution in [0.3, 0.4) is 0 Å². The molecule has 28 heavy (non-hydrogen) atoms. The number of carbonyl (C=O) groups excluding carboxylic acids is 2. The lowest BCUT2D eigenvalue weighted by molar-refractivity contribution is 0.0139. The minimum atomic E-state index is -0.540. The van der Waals surface area contributed by atoms with Gasteiger partial charge in [-0.2, -0.15) is 0 Å². The molecule has 2 heterocycles. The molecule has 8 heteroatoms. The number of carbonyl (C=O) groups is 2. The summed E-state index contributed by atoms with van der Waals surface area (Å²) in [5.74, 6) is 0.969. The van der Waals surface area contributed by atoms with Gasteiger partial charge in [0.2, 0.25) is 0 Å². The summed E-state index contributed by atoms with van der Waals surface area (Å²) in [6.07, 6.45) is -0.360. The van der Waals surface area contributed by atoms with E-state index < -0.39 is 5.60 Å². The Bertz CT molecular complexity index is 848. The molecule has 0 atom stereocenters. The Morgan fingerprint density at radius 3 is 2.39 bits per heavy atom. The molecular formula is C20H25N3O5. The zero-order valence-corrected chi connectivity index (χ0v) is 16.6. The van der Waals surface area contributed by atoms with Crippen LogP contribution in [0.25, 0.3) is 11.3 Å². The van der Waals surface area contributed by atoms with Gasteiger partial charge in [0.25, 0.3) is 5.91 Å². The first kappa shape index (κ1) is 19.7. The zero-order valence-electron chi connectivity index (χ0n) is 16.6. The molecule has 0 N–H and O–H groups in total. The van der Waals surface area contributed by atoms with Crippen molar-refractivity contribution in [3.8, 4) is 17.1 Å². The van der Waals surface area contributed by atoms with Crippen LogP contribution in [0, 0.1) is 0 Å². The van der Waals surface area contributed by atoms with Crippen molar-refractivity contribution in [1.82, 2.24) is 15.0 Å². The van der Waals surface area contributed by atoms with Crippen LogP contribution in [-0.2, 0) is 4.74 Å². The van der Waals surface area contributed by atoms with E-state index in [0.717, 1.165) is 5.56 Å². The summed E-state index contributed by atoms with van der Waals surface area (Å²) >= 11 is 0. The number of aromatic nitrogens is 1. The Morgan fingerprint density at radius 2 is 1.75 bits per heavy atom. The fourth-order valence-electron chi connectivity index (χ4n) is 2.87. The fourth-order valence-corrected chi connectivity index (χ4v) is 2.87. The van der Waals surface area contributed by atoms with Gasteiger partial charge in [0.05, 0.1) is 7.11 Å². The van der Waals surface area contributed by atoms with Crippen molar-refractivity contribution >= 4 is 12.0 Å². The third kappa shape index (κ3) is 4.62. The molecule has 2 amide bonds. The van der Waals surface area contributed by atoms with E-state index in [1.807, 2.05) is 45.0 Å². The smallest absolute Gasteiger partial charge is 0.410 e. The lowest BCUT2D eigenvalue weighted by Gasteiger charge is -2.35. The van der Waals surface area contributed by atoms with Crippen molar-refractivity contribution in [3.63, 3.8) is 0 Å². The maximum atomic E-state index is 12.7. The molecule has 8 nitrogen and oxygen atoms in total. The molecule has 0 radical (unpaired) electrons. The number of nitrogens with zero attached hydrogens (tertiary/aromatic N) is 3. The number of amides is 2. The molecule has 0 saturated carbocycles. The molecular weight excluding hydrogens is 362 g/mol. The summed E-state index contributed by atoms with van der Waals surface area (Å²) in [6, 6.07) is 8.97. The van der Waals surface area contributed by atoms with Crippen molar-refractivity contribution < 1.29 is 23.6 Å². The Hall–Kier alpha value is -3.03. The van der Waals surface area contributed by atoms with Gasteiger partial charge in [0, 0.05) is 37.8 Å². The summed E-state index contributed by atoms with van der Waals surface area (Å²) in [4.78, 5) is 28.1. The van der Waals surface area contributed by atoms with Crippen molar-refractivity contribution in [3.05, 3.63) is 36.0 Å². The van der Waals surface area contributed by atoms with E-state index in [4.69, 9.17) is 14.0 Å². The largest absolute Gasteiger partial charge is 0.497 e. The van der Waals surface area contributed by atoms with E-state index in [9.17, 15) is 9.59 Å². The number of piperazine rings is 1. The van der Waals surface area contributed by atoms with E-state index in [1.54, 1.807) is 23.0 Å². The number of methoxy groups -OCH3 is 1. The molecule has 1 aliphatic heterocycles. The van der Waals surface area contributed by atoms with Crippen LogP contribution in [0.5, 0.6) is 5.75 Å².